The van der Waals surface area contributed by atoms with Gasteiger partial charge in [-0.05, 0) is 61.4 Å². The fourth-order valence-corrected chi connectivity index (χ4v) is 3.66. The van der Waals surface area contributed by atoms with E-state index in [4.69, 9.17) is 20.9 Å². The molecule has 3 aromatic rings. The number of nitrogens with zero attached hydrogens (tertiary/aromatic N) is 2. The zero-order valence-electron chi connectivity index (χ0n) is 20.4. The first-order valence-electron chi connectivity index (χ1n) is 11.3. The fourth-order valence-electron chi connectivity index (χ4n) is 3.40. The number of carbonyl (C=O) groups excluding carboxylic acids is 2. The largest absolute Gasteiger partial charge is 0.497 e. The zero-order chi connectivity index (χ0) is 26.9. The van der Waals surface area contributed by atoms with Crippen LogP contribution in [0.5, 0.6) is 5.75 Å². The molecular formula is C25H26ClN5O6. The molecule has 12 heteroatoms. The molecule has 37 heavy (non-hydrogen) atoms. The number of nitrogens with one attached hydrogen (secondary N) is 3. The summed E-state index contributed by atoms with van der Waals surface area (Å²) in [6.07, 6.45) is -0.362. The van der Waals surface area contributed by atoms with E-state index in [-0.39, 0.29) is 35.4 Å². The van der Waals surface area contributed by atoms with Crippen molar-refractivity contribution in [1.29, 1.82) is 0 Å². The van der Waals surface area contributed by atoms with Crippen LogP contribution >= 0.6 is 11.6 Å². The van der Waals surface area contributed by atoms with Crippen LogP contribution in [0, 0.1) is 6.92 Å². The normalized spacial score (nSPS) is 11.1. The zero-order valence-corrected chi connectivity index (χ0v) is 21.2. The number of guanidine groups is 1. The van der Waals surface area contributed by atoms with E-state index >= 15 is 0 Å². The summed E-state index contributed by atoms with van der Waals surface area (Å²) in [6.45, 7) is 3.50. The molecule has 0 fully saturated rings. The summed E-state index contributed by atoms with van der Waals surface area (Å²) < 4.78 is 10.4. The number of hydrogen-bond donors (Lipinski definition) is 4. The molecule has 3 amide bonds. The van der Waals surface area contributed by atoms with Crippen molar-refractivity contribution in [2.75, 3.05) is 12.4 Å². The Balaban J connectivity index is 1.83. The first-order chi connectivity index (χ1) is 17.7. The third-order valence-corrected chi connectivity index (χ3v) is 5.28. The lowest BCUT2D eigenvalue weighted by Crippen LogP contribution is -2.40. The van der Waals surface area contributed by atoms with Gasteiger partial charge in [-0.1, -0.05) is 23.7 Å². The number of carboxylic acid groups (broad SMARTS) is 1. The average molecular weight is 528 g/mol. The van der Waals surface area contributed by atoms with Crippen LogP contribution in [0.2, 0.25) is 5.02 Å². The highest BCUT2D eigenvalue weighted by molar-refractivity contribution is 6.31. The van der Waals surface area contributed by atoms with Crippen molar-refractivity contribution in [3.8, 4) is 17.0 Å². The second kappa shape index (κ2) is 12.5. The van der Waals surface area contributed by atoms with Crippen molar-refractivity contribution in [3.05, 3.63) is 64.4 Å². The third-order valence-electron chi connectivity index (χ3n) is 5.06. The van der Waals surface area contributed by atoms with Crippen molar-refractivity contribution in [3.63, 3.8) is 0 Å². The summed E-state index contributed by atoms with van der Waals surface area (Å²) in [6, 6.07) is 11.7. The molecule has 0 radical (unpaired) electrons. The van der Waals surface area contributed by atoms with Crippen LogP contribution in [0.25, 0.3) is 11.3 Å². The molecule has 3 rings (SSSR count). The van der Waals surface area contributed by atoms with Gasteiger partial charge < -0.3 is 25.0 Å². The number of benzene rings is 2. The maximum absolute atomic E-state index is 13.1. The minimum atomic E-state index is -1.42. The molecule has 1 heterocycles. The van der Waals surface area contributed by atoms with Crippen LogP contribution in [-0.4, -0.2) is 41.2 Å². The van der Waals surface area contributed by atoms with Gasteiger partial charge in [0, 0.05) is 29.2 Å². The number of rotatable bonds is 8. The molecule has 4 N–H and O–H groups in total. The molecule has 0 atom stereocenters. The van der Waals surface area contributed by atoms with Gasteiger partial charge in [0.25, 0.3) is 5.91 Å². The maximum atomic E-state index is 13.1. The fraction of sp³-hybridized carbons (Fsp3) is 0.240. The van der Waals surface area contributed by atoms with Gasteiger partial charge in [-0.2, -0.15) is 4.99 Å². The van der Waals surface area contributed by atoms with Gasteiger partial charge in [-0.3, -0.25) is 14.9 Å². The van der Waals surface area contributed by atoms with Crippen LogP contribution < -0.4 is 20.7 Å². The summed E-state index contributed by atoms with van der Waals surface area (Å²) >= 11 is 6.18. The number of ether oxygens (including phenoxy) is 1. The molecular weight excluding hydrogens is 502 g/mol. The molecule has 1 aromatic heterocycles. The Morgan fingerprint density at radius 3 is 2.54 bits per heavy atom. The van der Waals surface area contributed by atoms with Gasteiger partial charge in [-0.25, -0.2) is 4.79 Å². The summed E-state index contributed by atoms with van der Waals surface area (Å²) in [5.74, 6) is -0.381. The minimum absolute atomic E-state index is 0.0531. The van der Waals surface area contributed by atoms with E-state index in [0.29, 0.717) is 40.4 Å². The van der Waals surface area contributed by atoms with E-state index in [0.717, 1.165) is 0 Å². The number of halogens is 1. The highest BCUT2D eigenvalue weighted by atomic mass is 35.5. The third kappa shape index (κ3) is 7.55. The Kier molecular flexibility index (Phi) is 9.22. The Morgan fingerprint density at radius 1 is 1.16 bits per heavy atom. The number of carbonyl (C=O) groups is 3. The first-order valence-corrected chi connectivity index (χ1v) is 11.6. The van der Waals surface area contributed by atoms with E-state index in [1.54, 1.807) is 49.4 Å². The van der Waals surface area contributed by atoms with Gasteiger partial charge >= 0.3 is 6.09 Å². The molecule has 194 valence electrons. The van der Waals surface area contributed by atoms with Gasteiger partial charge in [0.05, 0.1) is 7.11 Å². The standard InChI is InChI=1S/C25H26ClN5O6/c1-4-5-20(32)28-18-11-15(10-17(26)12-18)13-27-24(30-25(34)35)29-23(33)21-14(2)37-31-22(21)16-6-8-19(36-3)9-7-16/h6-12H,4-5,13H2,1-3H3,(H,28,32)(H,34,35)(H2,27,29,30,33). The number of methoxy groups -OCH3 is 1. The lowest BCUT2D eigenvalue weighted by atomic mass is 10.1. The summed E-state index contributed by atoms with van der Waals surface area (Å²) in [5, 5.41) is 21.2. The van der Waals surface area contributed by atoms with Crippen molar-refractivity contribution in [1.82, 2.24) is 15.8 Å². The molecule has 0 bridgehead atoms. The highest BCUT2D eigenvalue weighted by Gasteiger charge is 2.22. The molecule has 0 unspecified atom stereocenters. The van der Waals surface area contributed by atoms with E-state index in [1.165, 1.54) is 7.11 Å². The molecule has 0 spiro atoms. The number of aliphatic imine (C=N–C) groups is 1. The van der Waals surface area contributed by atoms with Crippen molar-refractivity contribution < 1.29 is 28.8 Å². The summed E-state index contributed by atoms with van der Waals surface area (Å²) in [7, 11) is 1.54. The van der Waals surface area contributed by atoms with E-state index < -0.39 is 12.0 Å². The second-order valence-electron chi connectivity index (χ2n) is 7.89. The van der Waals surface area contributed by atoms with Gasteiger partial charge in [-0.15, -0.1) is 0 Å². The Bertz CT molecular complexity index is 1320. The minimum Gasteiger partial charge on any atom is -0.497 e. The van der Waals surface area contributed by atoms with E-state index in [2.05, 4.69) is 26.1 Å². The Morgan fingerprint density at radius 2 is 1.89 bits per heavy atom. The second-order valence-corrected chi connectivity index (χ2v) is 8.32. The maximum Gasteiger partial charge on any atom is 0.411 e. The molecule has 2 aromatic carbocycles. The van der Waals surface area contributed by atoms with Crippen LogP contribution in [0.4, 0.5) is 10.5 Å². The van der Waals surface area contributed by atoms with Crippen molar-refractivity contribution >= 4 is 41.2 Å². The van der Waals surface area contributed by atoms with Gasteiger partial charge in [0.1, 0.15) is 22.8 Å². The topological polar surface area (TPSA) is 155 Å². The lowest BCUT2D eigenvalue weighted by molar-refractivity contribution is -0.116. The molecule has 0 saturated heterocycles. The Hall–Kier alpha value is -4.38. The molecule has 0 aliphatic rings. The molecule has 11 nitrogen and oxygen atoms in total. The van der Waals surface area contributed by atoms with Crippen LogP contribution in [0.1, 0.15) is 41.4 Å². The Labute approximate surface area is 217 Å². The van der Waals surface area contributed by atoms with Crippen LogP contribution in [-0.2, 0) is 11.3 Å². The smallest absolute Gasteiger partial charge is 0.411 e. The number of amides is 3. The van der Waals surface area contributed by atoms with Crippen molar-refractivity contribution in [2.24, 2.45) is 4.99 Å². The molecule has 0 saturated carbocycles. The van der Waals surface area contributed by atoms with Gasteiger partial charge in [0.2, 0.25) is 11.9 Å². The quantitative estimate of drug-likeness (QED) is 0.244. The number of aromatic nitrogens is 1. The number of aryl methyl sites for hydroxylation is 1. The summed E-state index contributed by atoms with van der Waals surface area (Å²) in [4.78, 5) is 40.3. The van der Waals surface area contributed by atoms with Crippen LogP contribution in [0.15, 0.2) is 52.0 Å². The summed E-state index contributed by atoms with van der Waals surface area (Å²) in [5.41, 5.74) is 2.04. The molecule has 0 aliphatic carbocycles. The van der Waals surface area contributed by atoms with E-state index in [1.807, 2.05) is 6.92 Å². The first kappa shape index (κ1) is 27.2. The van der Waals surface area contributed by atoms with Gasteiger partial charge in [0.15, 0.2) is 0 Å². The number of hydrogen-bond acceptors (Lipinski definition) is 6. The predicted octanol–water partition coefficient (Wildman–Crippen LogP) is 4.60. The lowest BCUT2D eigenvalue weighted by Gasteiger charge is -2.12. The van der Waals surface area contributed by atoms with Crippen molar-refractivity contribution in [2.45, 2.75) is 33.2 Å². The van der Waals surface area contributed by atoms with E-state index in [9.17, 15) is 19.5 Å². The number of anilines is 1. The monoisotopic (exact) mass is 527 g/mol. The average Bonchev–Trinajstić information content (AvgIpc) is 3.23. The van der Waals surface area contributed by atoms with Crippen LogP contribution in [0.3, 0.4) is 0 Å². The highest BCUT2D eigenvalue weighted by Crippen LogP contribution is 2.27. The predicted molar refractivity (Wildman–Crippen MR) is 138 cm³/mol. The SMILES string of the molecule is CCCC(=O)Nc1cc(Cl)cc(CN/C(=N\C(=O)c2c(-c3ccc(OC)cc3)noc2C)NC(=O)O)c1. The molecule has 0 aliphatic heterocycles.